The van der Waals surface area contributed by atoms with Crippen molar-refractivity contribution in [2.24, 2.45) is 5.41 Å². The van der Waals surface area contributed by atoms with Crippen molar-refractivity contribution in [3.63, 3.8) is 0 Å². The summed E-state index contributed by atoms with van der Waals surface area (Å²) < 4.78 is 10.6. The number of ether oxygens (including phenoxy) is 2. The smallest absolute Gasteiger partial charge is 0.161 e. The molecule has 1 unspecified atom stereocenters. The van der Waals surface area contributed by atoms with Crippen LogP contribution in [0, 0.1) is 5.41 Å². The van der Waals surface area contributed by atoms with Crippen molar-refractivity contribution in [1.82, 2.24) is 5.32 Å². The van der Waals surface area contributed by atoms with Gasteiger partial charge in [-0.1, -0.05) is 19.4 Å². The van der Waals surface area contributed by atoms with Gasteiger partial charge in [-0.25, -0.2) is 0 Å². The van der Waals surface area contributed by atoms with Crippen LogP contribution >= 0.6 is 0 Å². The molecule has 0 aromatic heterocycles. The maximum absolute atomic E-state index is 5.35. The fourth-order valence-corrected chi connectivity index (χ4v) is 2.60. The predicted molar refractivity (Wildman–Crippen MR) is 77.9 cm³/mol. The molecule has 0 saturated heterocycles. The first-order chi connectivity index (χ1) is 9.08. The van der Waals surface area contributed by atoms with Crippen LogP contribution in [0.1, 0.15) is 44.7 Å². The molecule has 1 atom stereocenters. The summed E-state index contributed by atoms with van der Waals surface area (Å²) in [6, 6.07) is 6.45. The maximum atomic E-state index is 5.35. The molecular formula is C16H25NO2. The Balaban J connectivity index is 2.00. The Morgan fingerprint density at radius 2 is 1.89 bits per heavy atom. The second-order valence-corrected chi connectivity index (χ2v) is 5.88. The summed E-state index contributed by atoms with van der Waals surface area (Å²) in [6.07, 6.45) is 4.07. The van der Waals surface area contributed by atoms with E-state index in [0.29, 0.717) is 11.5 Å². The molecule has 19 heavy (non-hydrogen) atoms. The molecule has 1 N–H and O–H groups in total. The van der Waals surface area contributed by atoms with Gasteiger partial charge >= 0.3 is 0 Å². The lowest BCUT2D eigenvalue weighted by Crippen LogP contribution is -2.38. The first-order valence-electron chi connectivity index (χ1n) is 7.03. The molecule has 3 nitrogen and oxygen atoms in total. The normalized spacial score (nSPS) is 18.5. The van der Waals surface area contributed by atoms with Crippen molar-refractivity contribution in [2.45, 2.75) is 39.2 Å². The van der Waals surface area contributed by atoms with Gasteiger partial charge < -0.3 is 14.8 Å². The lowest BCUT2D eigenvalue weighted by molar-refractivity contribution is 0.152. The van der Waals surface area contributed by atoms with Crippen LogP contribution in [0.25, 0.3) is 0 Å². The number of nitrogens with one attached hydrogen (secondary N) is 1. The van der Waals surface area contributed by atoms with E-state index in [0.717, 1.165) is 18.0 Å². The molecule has 3 heteroatoms. The van der Waals surface area contributed by atoms with Gasteiger partial charge in [0.2, 0.25) is 0 Å². The molecule has 1 saturated carbocycles. The second kappa shape index (κ2) is 5.83. The Bertz CT molecular complexity index is 427. The minimum Gasteiger partial charge on any atom is -0.493 e. The standard InChI is InChI=1S/C16H25NO2/c1-12(17-11-16(2)8-5-9-16)13-6-7-14(18-3)15(10-13)19-4/h6-7,10,12,17H,5,8-9,11H2,1-4H3. The SMILES string of the molecule is COc1ccc(C(C)NCC2(C)CCC2)cc1OC. The van der Waals surface area contributed by atoms with Gasteiger partial charge in [0.05, 0.1) is 14.2 Å². The van der Waals surface area contributed by atoms with Crippen LogP contribution in [0.5, 0.6) is 11.5 Å². The van der Waals surface area contributed by atoms with Crippen molar-refractivity contribution in [3.8, 4) is 11.5 Å². The highest BCUT2D eigenvalue weighted by Gasteiger charge is 2.31. The van der Waals surface area contributed by atoms with E-state index in [1.807, 2.05) is 6.07 Å². The lowest BCUT2D eigenvalue weighted by atomic mass is 9.70. The van der Waals surface area contributed by atoms with E-state index in [4.69, 9.17) is 9.47 Å². The van der Waals surface area contributed by atoms with Crippen LogP contribution in [0.3, 0.4) is 0 Å². The van der Waals surface area contributed by atoms with Gasteiger partial charge in [-0.05, 0) is 42.9 Å². The minimum atomic E-state index is 0.331. The van der Waals surface area contributed by atoms with E-state index >= 15 is 0 Å². The second-order valence-electron chi connectivity index (χ2n) is 5.88. The minimum absolute atomic E-state index is 0.331. The maximum Gasteiger partial charge on any atom is 0.161 e. The van der Waals surface area contributed by atoms with E-state index < -0.39 is 0 Å². The van der Waals surface area contributed by atoms with Gasteiger partial charge in [-0.15, -0.1) is 0 Å². The zero-order chi connectivity index (χ0) is 13.9. The zero-order valence-electron chi connectivity index (χ0n) is 12.5. The Morgan fingerprint density at radius 1 is 1.21 bits per heavy atom. The van der Waals surface area contributed by atoms with Gasteiger partial charge in [0.1, 0.15) is 0 Å². The average molecular weight is 263 g/mol. The first-order valence-corrected chi connectivity index (χ1v) is 7.03. The van der Waals surface area contributed by atoms with Gasteiger partial charge in [-0.3, -0.25) is 0 Å². The van der Waals surface area contributed by atoms with Gasteiger partial charge in [0, 0.05) is 12.6 Å². The number of methoxy groups -OCH3 is 2. The van der Waals surface area contributed by atoms with E-state index in [1.165, 1.54) is 24.8 Å². The fourth-order valence-electron chi connectivity index (χ4n) is 2.60. The van der Waals surface area contributed by atoms with Crippen molar-refractivity contribution in [3.05, 3.63) is 23.8 Å². The monoisotopic (exact) mass is 263 g/mol. The van der Waals surface area contributed by atoms with E-state index in [2.05, 4.69) is 31.3 Å². The number of hydrogen-bond donors (Lipinski definition) is 1. The molecule has 1 aliphatic rings. The van der Waals surface area contributed by atoms with Crippen LogP contribution < -0.4 is 14.8 Å². The molecule has 106 valence electrons. The average Bonchev–Trinajstić information content (AvgIpc) is 2.41. The van der Waals surface area contributed by atoms with E-state index in [-0.39, 0.29) is 0 Å². The highest BCUT2D eigenvalue weighted by Crippen LogP contribution is 2.40. The van der Waals surface area contributed by atoms with Crippen LogP contribution in [0.15, 0.2) is 18.2 Å². The van der Waals surface area contributed by atoms with Crippen molar-refractivity contribution >= 4 is 0 Å². The highest BCUT2D eigenvalue weighted by molar-refractivity contribution is 5.43. The molecule has 0 aliphatic heterocycles. The van der Waals surface area contributed by atoms with E-state index in [1.54, 1.807) is 14.2 Å². The van der Waals surface area contributed by atoms with Crippen molar-refractivity contribution < 1.29 is 9.47 Å². The van der Waals surface area contributed by atoms with Crippen LogP contribution in [0.4, 0.5) is 0 Å². The lowest BCUT2D eigenvalue weighted by Gasteiger charge is -2.39. The Kier molecular flexibility index (Phi) is 4.35. The quantitative estimate of drug-likeness (QED) is 0.851. The van der Waals surface area contributed by atoms with Crippen LogP contribution in [-0.2, 0) is 0 Å². The molecule has 0 radical (unpaired) electrons. The molecule has 2 rings (SSSR count). The fraction of sp³-hybridized carbons (Fsp3) is 0.625. The summed E-state index contributed by atoms with van der Waals surface area (Å²) in [5.41, 5.74) is 1.74. The molecule has 1 aromatic rings. The topological polar surface area (TPSA) is 30.5 Å². The van der Waals surface area contributed by atoms with Gasteiger partial charge in [0.15, 0.2) is 11.5 Å². The number of hydrogen-bond acceptors (Lipinski definition) is 3. The summed E-state index contributed by atoms with van der Waals surface area (Å²) in [4.78, 5) is 0. The van der Waals surface area contributed by atoms with Crippen LogP contribution in [-0.4, -0.2) is 20.8 Å². The molecule has 1 aliphatic carbocycles. The molecule has 1 fully saturated rings. The molecule has 0 heterocycles. The summed E-state index contributed by atoms with van der Waals surface area (Å²) in [7, 11) is 3.34. The Hall–Kier alpha value is -1.22. The molecule has 1 aromatic carbocycles. The van der Waals surface area contributed by atoms with Gasteiger partial charge in [0.25, 0.3) is 0 Å². The number of benzene rings is 1. The third-order valence-corrected chi connectivity index (χ3v) is 4.30. The molecule has 0 bridgehead atoms. The number of rotatable bonds is 6. The first kappa shape index (κ1) is 14.2. The summed E-state index contributed by atoms with van der Waals surface area (Å²) >= 11 is 0. The predicted octanol–water partition coefficient (Wildman–Crippen LogP) is 3.54. The van der Waals surface area contributed by atoms with E-state index in [9.17, 15) is 0 Å². The molecular weight excluding hydrogens is 238 g/mol. The van der Waals surface area contributed by atoms with Crippen molar-refractivity contribution in [2.75, 3.05) is 20.8 Å². The molecule has 0 spiro atoms. The summed E-state index contributed by atoms with van der Waals surface area (Å²) in [5, 5.41) is 3.63. The summed E-state index contributed by atoms with van der Waals surface area (Å²) in [5.74, 6) is 1.58. The molecule has 0 amide bonds. The van der Waals surface area contributed by atoms with Crippen LogP contribution in [0.2, 0.25) is 0 Å². The zero-order valence-corrected chi connectivity index (χ0v) is 12.5. The van der Waals surface area contributed by atoms with Gasteiger partial charge in [-0.2, -0.15) is 0 Å². The highest BCUT2D eigenvalue weighted by atomic mass is 16.5. The summed E-state index contributed by atoms with van der Waals surface area (Å²) in [6.45, 7) is 5.65. The third kappa shape index (κ3) is 3.21. The largest absolute Gasteiger partial charge is 0.493 e. The third-order valence-electron chi connectivity index (χ3n) is 4.30. The Morgan fingerprint density at radius 3 is 2.42 bits per heavy atom. The Labute approximate surface area is 116 Å². The van der Waals surface area contributed by atoms with Crippen molar-refractivity contribution in [1.29, 1.82) is 0 Å².